The molecule has 0 unspecified atom stereocenters. The number of imidazole rings is 1. The fourth-order valence-corrected chi connectivity index (χ4v) is 3.90. The van der Waals surface area contributed by atoms with E-state index in [-0.39, 0.29) is 5.75 Å². The van der Waals surface area contributed by atoms with Gasteiger partial charge in [0.1, 0.15) is 17.3 Å². The Bertz CT molecular complexity index is 1070. The van der Waals surface area contributed by atoms with Crippen LogP contribution in [0.4, 0.5) is 13.2 Å². The van der Waals surface area contributed by atoms with Gasteiger partial charge in [-0.05, 0) is 43.8 Å². The minimum atomic E-state index is -4.75. The van der Waals surface area contributed by atoms with Crippen LogP contribution in [-0.4, -0.2) is 72.5 Å². The summed E-state index contributed by atoms with van der Waals surface area (Å²) in [7, 11) is 2.14. The lowest BCUT2D eigenvalue weighted by Gasteiger charge is -2.32. The molecule has 1 saturated heterocycles. The van der Waals surface area contributed by atoms with Gasteiger partial charge in [0.15, 0.2) is 0 Å². The van der Waals surface area contributed by atoms with E-state index in [1.165, 1.54) is 18.2 Å². The van der Waals surface area contributed by atoms with Crippen molar-refractivity contribution in [3.63, 3.8) is 0 Å². The number of ether oxygens (including phenoxy) is 2. The van der Waals surface area contributed by atoms with Crippen LogP contribution in [0, 0.1) is 0 Å². The molecule has 0 amide bonds. The molecular weight excluding hydrogens is 445 g/mol. The molecule has 1 N–H and O–H groups in total. The third-order valence-corrected chi connectivity index (χ3v) is 5.68. The number of H-pyrrole nitrogens is 1. The number of aromatic amines is 1. The summed E-state index contributed by atoms with van der Waals surface area (Å²) >= 11 is 6.43. The normalized spacial score (nSPS) is 15.9. The number of alkyl halides is 3. The molecule has 1 fully saturated rings. The third kappa shape index (κ3) is 5.85. The molecule has 1 aliphatic heterocycles. The van der Waals surface area contributed by atoms with Gasteiger partial charge in [0.05, 0.1) is 22.7 Å². The first-order valence-corrected chi connectivity index (χ1v) is 10.7. The Balaban J connectivity index is 1.36. The van der Waals surface area contributed by atoms with E-state index >= 15 is 0 Å². The molecule has 0 atom stereocenters. The molecule has 0 radical (unpaired) electrons. The Labute approximate surface area is 188 Å². The number of aromatic nitrogens is 2. The Morgan fingerprint density at radius 2 is 1.81 bits per heavy atom. The van der Waals surface area contributed by atoms with Gasteiger partial charge in [-0.1, -0.05) is 11.6 Å². The van der Waals surface area contributed by atoms with Crippen LogP contribution in [0.1, 0.15) is 6.42 Å². The molecule has 1 aromatic heterocycles. The van der Waals surface area contributed by atoms with Crippen molar-refractivity contribution >= 4 is 22.6 Å². The van der Waals surface area contributed by atoms with Crippen LogP contribution in [0.2, 0.25) is 5.02 Å². The predicted octanol–water partition coefficient (Wildman–Crippen LogP) is 4.80. The van der Waals surface area contributed by atoms with Crippen molar-refractivity contribution in [1.29, 1.82) is 0 Å². The summed E-state index contributed by atoms with van der Waals surface area (Å²) in [5, 5.41) is 0.437. The Kier molecular flexibility index (Phi) is 6.78. The first kappa shape index (κ1) is 22.7. The predicted molar refractivity (Wildman–Crippen MR) is 117 cm³/mol. The quantitative estimate of drug-likeness (QED) is 0.505. The monoisotopic (exact) mass is 468 g/mol. The SMILES string of the molecule is CN1CCN(CCCOc2ccc(-c3nc4cc(OC(F)(F)F)ccc4[nH]3)c(Cl)c2)CC1. The first-order chi connectivity index (χ1) is 15.3. The lowest BCUT2D eigenvalue weighted by molar-refractivity contribution is -0.274. The van der Waals surface area contributed by atoms with E-state index in [2.05, 4.69) is 31.6 Å². The van der Waals surface area contributed by atoms with E-state index in [1.54, 1.807) is 12.1 Å². The Hall–Kier alpha value is -2.49. The molecular formula is C22H24ClF3N4O2. The highest BCUT2D eigenvalue weighted by atomic mass is 35.5. The summed E-state index contributed by atoms with van der Waals surface area (Å²) in [6.45, 7) is 5.94. The van der Waals surface area contributed by atoms with Gasteiger partial charge in [-0.15, -0.1) is 13.2 Å². The van der Waals surface area contributed by atoms with Gasteiger partial charge in [-0.2, -0.15) is 0 Å². The van der Waals surface area contributed by atoms with Gasteiger partial charge in [0.2, 0.25) is 0 Å². The number of nitrogens with one attached hydrogen (secondary N) is 1. The van der Waals surface area contributed by atoms with Crippen molar-refractivity contribution in [2.75, 3.05) is 46.4 Å². The summed E-state index contributed by atoms with van der Waals surface area (Å²) in [4.78, 5) is 12.2. The zero-order chi connectivity index (χ0) is 22.7. The second-order valence-corrected chi connectivity index (χ2v) is 8.21. The largest absolute Gasteiger partial charge is 0.573 e. The van der Waals surface area contributed by atoms with E-state index in [1.807, 2.05) is 6.07 Å². The number of halogens is 4. The standard InChI is InChI=1S/C22H24ClF3N4O2/c1-29-8-10-30(11-9-29)7-2-12-31-15-3-5-17(18(23)13-15)21-27-19-6-4-16(14-20(19)28-21)32-22(24,25)26/h3-6,13-14H,2,7-12H2,1H3,(H,27,28). The lowest BCUT2D eigenvalue weighted by atomic mass is 10.2. The number of fused-ring (bicyclic) bond motifs is 1. The van der Waals surface area contributed by atoms with Gasteiger partial charge in [0, 0.05) is 44.4 Å². The average molecular weight is 469 g/mol. The van der Waals surface area contributed by atoms with Crippen LogP contribution >= 0.6 is 11.6 Å². The van der Waals surface area contributed by atoms with E-state index in [0.29, 0.717) is 39.8 Å². The fourth-order valence-electron chi connectivity index (χ4n) is 3.64. The summed E-state index contributed by atoms with van der Waals surface area (Å²) < 4.78 is 47.1. The number of hydrogen-bond donors (Lipinski definition) is 1. The van der Waals surface area contributed by atoms with Gasteiger partial charge < -0.3 is 24.3 Å². The van der Waals surface area contributed by atoms with E-state index < -0.39 is 6.36 Å². The minimum absolute atomic E-state index is 0.325. The van der Waals surface area contributed by atoms with Crippen LogP contribution in [-0.2, 0) is 0 Å². The van der Waals surface area contributed by atoms with Crippen molar-refractivity contribution in [3.05, 3.63) is 41.4 Å². The minimum Gasteiger partial charge on any atom is -0.493 e. The van der Waals surface area contributed by atoms with Crippen LogP contribution in [0.25, 0.3) is 22.4 Å². The molecule has 32 heavy (non-hydrogen) atoms. The Morgan fingerprint density at radius 3 is 2.53 bits per heavy atom. The van der Waals surface area contributed by atoms with E-state index in [0.717, 1.165) is 39.1 Å². The topological polar surface area (TPSA) is 53.6 Å². The molecule has 4 rings (SSSR count). The molecule has 0 aliphatic carbocycles. The maximum atomic E-state index is 12.4. The molecule has 1 aliphatic rings. The molecule has 2 aromatic carbocycles. The van der Waals surface area contributed by atoms with Crippen LogP contribution < -0.4 is 9.47 Å². The first-order valence-electron chi connectivity index (χ1n) is 10.4. The highest BCUT2D eigenvalue weighted by Crippen LogP contribution is 2.32. The zero-order valence-corrected chi connectivity index (χ0v) is 18.3. The lowest BCUT2D eigenvalue weighted by Crippen LogP contribution is -2.44. The van der Waals surface area contributed by atoms with Crippen LogP contribution in [0.3, 0.4) is 0 Å². The van der Waals surface area contributed by atoms with Gasteiger partial charge in [-0.3, -0.25) is 0 Å². The molecule has 2 heterocycles. The van der Waals surface area contributed by atoms with Gasteiger partial charge in [0.25, 0.3) is 0 Å². The van der Waals surface area contributed by atoms with Crippen molar-refractivity contribution in [2.24, 2.45) is 0 Å². The Morgan fingerprint density at radius 1 is 1.06 bits per heavy atom. The third-order valence-electron chi connectivity index (χ3n) is 5.37. The van der Waals surface area contributed by atoms with E-state index in [9.17, 15) is 13.2 Å². The van der Waals surface area contributed by atoms with Crippen LogP contribution in [0.5, 0.6) is 11.5 Å². The number of rotatable bonds is 7. The van der Waals surface area contributed by atoms with Gasteiger partial charge in [-0.25, -0.2) is 4.98 Å². The van der Waals surface area contributed by atoms with Crippen molar-refractivity contribution in [2.45, 2.75) is 12.8 Å². The summed E-state index contributed by atoms with van der Waals surface area (Å²) in [5.41, 5.74) is 1.56. The average Bonchev–Trinajstić information content (AvgIpc) is 3.14. The molecule has 6 nitrogen and oxygen atoms in total. The smallest absolute Gasteiger partial charge is 0.493 e. The summed E-state index contributed by atoms with van der Waals surface area (Å²) in [5.74, 6) is 0.791. The van der Waals surface area contributed by atoms with Gasteiger partial charge >= 0.3 is 6.36 Å². The molecule has 0 bridgehead atoms. The maximum absolute atomic E-state index is 12.4. The molecule has 3 aromatic rings. The van der Waals surface area contributed by atoms with Crippen LogP contribution in [0.15, 0.2) is 36.4 Å². The second kappa shape index (κ2) is 9.56. The van der Waals surface area contributed by atoms with Crippen molar-refractivity contribution in [1.82, 2.24) is 19.8 Å². The number of nitrogens with zero attached hydrogens (tertiary/aromatic N) is 3. The van der Waals surface area contributed by atoms with Crippen molar-refractivity contribution < 1.29 is 22.6 Å². The highest BCUT2D eigenvalue weighted by molar-refractivity contribution is 6.33. The van der Waals surface area contributed by atoms with Crippen molar-refractivity contribution in [3.8, 4) is 22.9 Å². The summed E-state index contributed by atoms with van der Waals surface area (Å²) in [6, 6.07) is 9.26. The maximum Gasteiger partial charge on any atom is 0.573 e. The number of benzene rings is 2. The molecule has 0 spiro atoms. The fraction of sp³-hybridized carbons (Fsp3) is 0.409. The molecule has 0 saturated carbocycles. The molecule has 172 valence electrons. The molecule has 10 heteroatoms. The zero-order valence-electron chi connectivity index (χ0n) is 17.6. The summed E-state index contributed by atoms with van der Waals surface area (Å²) in [6.07, 6.45) is -3.83. The second-order valence-electron chi connectivity index (χ2n) is 7.80. The number of hydrogen-bond acceptors (Lipinski definition) is 5. The van der Waals surface area contributed by atoms with E-state index in [4.69, 9.17) is 16.3 Å². The number of piperazine rings is 1. The highest BCUT2D eigenvalue weighted by Gasteiger charge is 2.31. The number of likely N-dealkylation sites (N-methyl/N-ethyl adjacent to an activating group) is 1.